The first-order valence-electron chi connectivity index (χ1n) is 7.61. The van der Waals surface area contributed by atoms with E-state index in [1.807, 2.05) is 20.0 Å². The van der Waals surface area contributed by atoms with Gasteiger partial charge in [-0.25, -0.2) is 5.43 Å². The average molecular weight is 326 g/mol. The van der Waals surface area contributed by atoms with Crippen LogP contribution >= 0.6 is 11.3 Å². The van der Waals surface area contributed by atoms with E-state index in [0.29, 0.717) is 5.69 Å². The van der Waals surface area contributed by atoms with E-state index in [9.17, 15) is 4.79 Å². The lowest BCUT2D eigenvalue weighted by Gasteiger charge is -2.08. The summed E-state index contributed by atoms with van der Waals surface area (Å²) in [7, 11) is 1.83. The van der Waals surface area contributed by atoms with E-state index in [2.05, 4.69) is 16.6 Å². The van der Waals surface area contributed by atoms with Crippen molar-refractivity contribution in [1.82, 2.24) is 9.99 Å². The third-order valence-corrected chi connectivity index (χ3v) is 5.51. The van der Waals surface area contributed by atoms with E-state index >= 15 is 0 Å². The summed E-state index contributed by atoms with van der Waals surface area (Å²) in [4.78, 5) is 14.2. The van der Waals surface area contributed by atoms with Crippen LogP contribution in [0.3, 0.4) is 0 Å². The number of aryl methyl sites for hydroxylation is 2. The molecule has 1 N–H and O–H groups in total. The molecule has 2 heterocycles. The molecule has 0 atom stereocenters. The van der Waals surface area contributed by atoms with Crippen LogP contribution in [0, 0.1) is 18.3 Å². The number of hydrogen-bond acceptors (Lipinski definition) is 4. The van der Waals surface area contributed by atoms with Gasteiger partial charge >= 0.3 is 0 Å². The summed E-state index contributed by atoms with van der Waals surface area (Å²) < 4.78 is 1.80. The maximum atomic E-state index is 12.2. The van der Waals surface area contributed by atoms with Gasteiger partial charge in [0, 0.05) is 23.2 Å². The molecule has 1 aliphatic carbocycles. The molecule has 0 aliphatic heterocycles. The Morgan fingerprint density at radius 2 is 2.22 bits per heavy atom. The van der Waals surface area contributed by atoms with Crippen LogP contribution in [-0.2, 0) is 19.9 Å². The van der Waals surface area contributed by atoms with Gasteiger partial charge < -0.3 is 4.57 Å². The summed E-state index contributed by atoms with van der Waals surface area (Å²) in [6, 6.07) is 5.88. The fraction of sp³-hybridized carbons (Fsp3) is 0.353. The second-order valence-corrected chi connectivity index (χ2v) is 6.84. The molecular formula is C17H18N4OS. The highest BCUT2D eigenvalue weighted by Gasteiger charge is 2.16. The minimum atomic E-state index is -0.172. The zero-order valence-corrected chi connectivity index (χ0v) is 14.0. The number of carbonyl (C=O) groups is 1. The Hall–Kier alpha value is -2.39. The third-order valence-electron chi connectivity index (χ3n) is 4.28. The van der Waals surface area contributed by atoms with Gasteiger partial charge in [-0.2, -0.15) is 10.4 Å². The Bertz CT molecular complexity index is 799. The number of nitrogens with one attached hydrogen (secondary N) is 1. The van der Waals surface area contributed by atoms with Crippen molar-refractivity contribution >= 4 is 23.5 Å². The van der Waals surface area contributed by atoms with Crippen LogP contribution in [0.5, 0.6) is 0 Å². The lowest BCUT2D eigenvalue weighted by molar-refractivity contribution is 0.0959. The van der Waals surface area contributed by atoms with Crippen molar-refractivity contribution in [3.8, 4) is 6.07 Å². The quantitative estimate of drug-likeness (QED) is 0.696. The first-order valence-corrected chi connectivity index (χ1v) is 8.43. The molecular weight excluding hydrogens is 308 g/mol. The van der Waals surface area contributed by atoms with Gasteiger partial charge in [0.15, 0.2) is 0 Å². The topological polar surface area (TPSA) is 70.2 Å². The Kier molecular flexibility index (Phi) is 4.30. The zero-order valence-electron chi connectivity index (χ0n) is 13.2. The first kappa shape index (κ1) is 15.5. The molecule has 6 heteroatoms. The van der Waals surface area contributed by atoms with Crippen molar-refractivity contribution in [3.63, 3.8) is 0 Å². The maximum absolute atomic E-state index is 12.2. The SMILES string of the molecule is Cc1c(C=NNC(=O)c2cc3c(s2)CCCC3)cc(C#N)n1C. The molecule has 0 aromatic carbocycles. The molecule has 0 saturated heterocycles. The molecule has 23 heavy (non-hydrogen) atoms. The number of thiophene rings is 1. The van der Waals surface area contributed by atoms with Crippen LogP contribution in [0.2, 0.25) is 0 Å². The summed E-state index contributed by atoms with van der Waals surface area (Å²) in [6.07, 6.45) is 6.15. The molecule has 1 aliphatic rings. The summed E-state index contributed by atoms with van der Waals surface area (Å²) in [6.45, 7) is 1.91. The lowest BCUT2D eigenvalue weighted by atomic mass is 9.99. The molecule has 0 unspecified atom stereocenters. The standard InChI is InChI=1S/C17H18N4OS/c1-11-13(7-14(9-18)21(11)2)10-19-20-17(22)16-8-12-5-3-4-6-15(12)23-16/h7-8,10H,3-6H2,1-2H3,(H,20,22). The maximum Gasteiger partial charge on any atom is 0.281 e. The number of nitriles is 1. The zero-order chi connectivity index (χ0) is 16.4. The number of aromatic nitrogens is 1. The van der Waals surface area contributed by atoms with E-state index in [1.54, 1.807) is 28.2 Å². The van der Waals surface area contributed by atoms with E-state index < -0.39 is 0 Å². The smallest absolute Gasteiger partial charge is 0.281 e. The van der Waals surface area contributed by atoms with E-state index in [4.69, 9.17) is 5.26 Å². The van der Waals surface area contributed by atoms with E-state index in [-0.39, 0.29) is 5.91 Å². The third kappa shape index (κ3) is 3.06. The van der Waals surface area contributed by atoms with Gasteiger partial charge in [0.1, 0.15) is 11.8 Å². The minimum Gasteiger partial charge on any atom is -0.339 e. The molecule has 0 saturated carbocycles. The highest BCUT2D eigenvalue weighted by atomic mass is 32.1. The number of carbonyl (C=O) groups excluding carboxylic acids is 1. The van der Waals surface area contributed by atoms with Crippen LogP contribution in [0.4, 0.5) is 0 Å². The molecule has 0 fully saturated rings. The Balaban J connectivity index is 1.69. The highest BCUT2D eigenvalue weighted by molar-refractivity contribution is 7.14. The number of rotatable bonds is 3. The molecule has 3 rings (SSSR count). The number of hydrazone groups is 1. The highest BCUT2D eigenvalue weighted by Crippen LogP contribution is 2.29. The summed E-state index contributed by atoms with van der Waals surface area (Å²) in [5.74, 6) is -0.172. The fourth-order valence-corrected chi connectivity index (χ4v) is 3.92. The lowest BCUT2D eigenvalue weighted by Crippen LogP contribution is -2.16. The van der Waals surface area contributed by atoms with Crippen LogP contribution in [0.1, 0.15) is 49.9 Å². The van der Waals surface area contributed by atoms with Gasteiger partial charge in [-0.1, -0.05) is 0 Å². The molecule has 1 amide bonds. The largest absolute Gasteiger partial charge is 0.339 e. The molecule has 0 spiro atoms. The van der Waals surface area contributed by atoms with Gasteiger partial charge in [-0.3, -0.25) is 4.79 Å². The van der Waals surface area contributed by atoms with E-state index in [1.165, 1.54) is 23.3 Å². The van der Waals surface area contributed by atoms with Crippen molar-refractivity contribution in [2.75, 3.05) is 0 Å². The Morgan fingerprint density at radius 1 is 1.43 bits per heavy atom. The predicted octanol–water partition coefficient (Wildman–Crippen LogP) is 2.91. The van der Waals surface area contributed by atoms with Crippen molar-refractivity contribution < 1.29 is 4.79 Å². The van der Waals surface area contributed by atoms with Crippen molar-refractivity contribution in [1.29, 1.82) is 5.26 Å². The van der Waals surface area contributed by atoms with Crippen molar-refractivity contribution in [2.24, 2.45) is 12.1 Å². The fourth-order valence-electron chi connectivity index (χ4n) is 2.78. The van der Waals surface area contributed by atoms with Crippen LogP contribution in [-0.4, -0.2) is 16.7 Å². The van der Waals surface area contributed by atoms with Gasteiger partial charge in [-0.15, -0.1) is 11.3 Å². The van der Waals surface area contributed by atoms with Gasteiger partial charge in [0.05, 0.1) is 11.1 Å². The van der Waals surface area contributed by atoms with Gasteiger partial charge in [-0.05, 0) is 50.3 Å². The van der Waals surface area contributed by atoms with Crippen LogP contribution in [0.25, 0.3) is 0 Å². The second kappa shape index (κ2) is 6.39. The molecule has 5 nitrogen and oxygen atoms in total. The van der Waals surface area contributed by atoms with Crippen molar-refractivity contribution in [3.05, 3.63) is 44.4 Å². The number of amides is 1. The van der Waals surface area contributed by atoms with E-state index in [0.717, 1.165) is 29.0 Å². The molecule has 2 aromatic rings. The van der Waals surface area contributed by atoms with Crippen LogP contribution in [0.15, 0.2) is 17.2 Å². The van der Waals surface area contributed by atoms with Crippen molar-refractivity contribution in [2.45, 2.75) is 32.6 Å². The predicted molar refractivity (Wildman–Crippen MR) is 90.9 cm³/mol. The Labute approximate surface area is 139 Å². The minimum absolute atomic E-state index is 0.172. The van der Waals surface area contributed by atoms with Gasteiger partial charge in [0.25, 0.3) is 5.91 Å². The van der Waals surface area contributed by atoms with Gasteiger partial charge in [0.2, 0.25) is 0 Å². The molecule has 0 bridgehead atoms. The second-order valence-electron chi connectivity index (χ2n) is 5.71. The normalized spacial score (nSPS) is 13.8. The summed E-state index contributed by atoms with van der Waals surface area (Å²) >= 11 is 1.57. The monoisotopic (exact) mass is 326 g/mol. The first-order chi connectivity index (χ1) is 11.1. The Morgan fingerprint density at radius 3 is 2.91 bits per heavy atom. The average Bonchev–Trinajstić information content (AvgIpc) is 3.11. The summed E-state index contributed by atoms with van der Waals surface area (Å²) in [5.41, 5.74) is 6.23. The summed E-state index contributed by atoms with van der Waals surface area (Å²) in [5, 5.41) is 13.0. The number of hydrogen-bond donors (Lipinski definition) is 1. The molecule has 0 radical (unpaired) electrons. The number of fused-ring (bicyclic) bond motifs is 1. The molecule has 2 aromatic heterocycles. The molecule has 118 valence electrons. The van der Waals surface area contributed by atoms with Crippen LogP contribution < -0.4 is 5.43 Å². The number of nitrogens with zero attached hydrogens (tertiary/aromatic N) is 3.